The summed E-state index contributed by atoms with van der Waals surface area (Å²) in [7, 11) is 0. The van der Waals surface area contributed by atoms with Crippen molar-refractivity contribution in [1.82, 2.24) is 10.8 Å². The maximum Gasteiger partial charge on any atom is 0.408 e. The van der Waals surface area contributed by atoms with Crippen LogP contribution in [0.5, 0.6) is 0 Å². The molecule has 1 aromatic rings. The fourth-order valence-electron chi connectivity index (χ4n) is 1.69. The Morgan fingerprint density at radius 1 is 1.25 bits per heavy atom. The minimum Gasteiger partial charge on any atom is -0.445 e. The number of amides is 2. The maximum atomic E-state index is 11.6. The third kappa shape index (κ3) is 5.71. The van der Waals surface area contributed by atoms with Gasteiger partial charge in [0, 0.05) is 0 Å². The van der Waals surface area contributed by atoms with Crippen LogP contribution in [0, 0.1) is 5.92 Å². The summed E-state index contributed by atoms with van der Waals surface area (Å²) in [6.45, 7) is 3.95. The van der Waals surface area contributed by atoms with Crippen molar-refractivity contribution in [1.29, 1.82) is 0 Å². The van der Waals surface area contributed by atoms with Crippen LogP contribution in [0.2, 0.25) is 0 Å². The Morgan fingerprint density at radius 2 is 1.90 bits per heavy atom. The number of carbonyl (C=O) groups is 2. The Hall–Kier alpha value is -2.08. The van der Waals surface area contributed by atoms with E-state index in [2.05, 4.69) is 5.32 Å². The predicted octanol–water partition coefficient (Wildman–Crippen LogP) is 1.83. The van der Waals surface area contributed by atoms with Gasteiger partial charge in [-0.1, -0.05) is 44.2 Å². The number of benzene rings is 1. The summed E-state index contributed by atoms with van der Waals surface area (Å²) < 4.78 is 5.02. The van der Waals surface area contributed by atoms with Crippen molar-refractivity contribution >= 4 is 12.0 Å². The van der Waals surface area contributed by atoms with Crippen LogP contribution in [0.25, 0.3) is 0 Å². The molecule has 0 heterocycles. The molecule has 0 aromatic heterocycles. The van der Waals surface area contributed by atoms with E-state index < -0.39 is 18.0 Å². The van der Waals surface area contributed by atoms with Crippen LogP contribution >= 0.6 is 0 Å². The first-order valence-corrected chi connectivity index (χ1v) is 6.44. The van der Waals surface area contributed by atoms with Crippen LogP contribution in [-0.2, 0) is 16.1 Å². The molecule has 20 heavy (non-hydrogen) atoms. The highest BCUT2D eigenvalue weighted by Gasteiger charge is 2.22. The average molecular weight is 280 g/mol. The smallest absolute Gasteiger partial charge is 0.408 e. The lowest BCUT2D eigenvalue weighted by molar-refractivity contribution is -0.131. The Kier molecular flexibility index (Phi) is 6.52. The molecule has 1 rings (SSSR count). The van der Waals surface area contributed by atoms with Gasteiger partial charge in [-0.25, -0.2) is 10.3 Å². The molecule has 1 aromatic carbocycles. The summed E-state index contributed by atoms with van der Waals surface area (Å²) in [5.74, 6) is -0.470. The molecule has 0 fully saturated rings. The van der Waals surface area contributed by atoms with Crippen molar-refractivity contribution in [3.05, 3.63) is 35.9 Å². The lowest BCUT2D eigenvalue weighted by Gasteiger charge is -2.18. The third-order valence-electron chi connectivity index (χ3n) is 2.64. The van der Waals surface area contributed by atoms with E-state index in [0.29, 0.717) is 6.42 Å². The van der Waals surface area contributed by atoms with Crippen molar-refractivity contribution in [2.24, 2.45) is 5.92 Å². The van der Waals surface area contributed by atoms with E-state index in [-0.39, 0.29) is 12.5 Å². The number of hydroxylamine groups is 1. The molecule has 6 heteroatoms. The van der Waals surface area contributed by atoms with E-state index in [9.17, 15) is 9.59 Å². The average Bonchev–Trinajstić information content (AvgIpc) is 2.44. The predicted molar refractivity (Wildman–Crippen MR) is 72.9 cm³/mol. The standard InChI is InChI=1S/C14H20N2O4/c1-10(2)8-12(13(17)16-19)15-14(18)20-9-11-6-4-3-5-7-11/h3-7,10,12,19H,8-9H2,1-2H3,(H,15,18)(H,16,17)/t12-/m1/s1. The number of hydrogen-bond acceptors (Lipinski definition) is 4. The summed E-state index contributed by atoms with van der Waals surface area (Å²) in [5, 5.41) is 11.1. The molecule has 3 N–H and O–H groups in total. The number of carbonyl (C=O) groups excluding carboxylic acids is 2. The minimum atomic E-state index is -0.816. The zero-order valence-electron chi connectivity index (χ0n) is 11.6. The number of nitrogens with one attached hydrogen (secondary N) is 2. The van der Waals surface area contributed by atoms with Crippen LogP contribution in [0.15, 0.2) is 30.3 Å². The van der Waals surface area contributed by atoms with Gasteiger partial charge in [-0.3, -0.25) is 10.0 Å². The second-order valence-corrected chi connectivity index (χ2v) is 4.86. The zero-order valence-corrected chi connectivity index (χ0v) is 11.6. The number of hydrogen-bond donors (Lipinski definition) is 3. The van der Waals surface area contributed by atoms with Crippen LogP contribution in [0.4, 0.5) is 4.79 Å². The van der Waals surface area contributed by atoms with Gasteiger partial charge in [-0.2, -0.15) is 0 Å². The summed E-state index contributed by atoms with van der Waals surface area (Å²) in [5.41, 5.74) is 2.40. The van der Waals surface area contributed by atoms with E-state index in [1.54, 1.807) is 5.48 Å². The molecule has 0 bridgehead atoms. The van der Waals surface area contributed by atoms with E-state index in [0.717, 1.165) is 5.56 Å². The largest absolute Gasteiger partial charge is 0.445 e. The lowest BCUT2D eigenvalue weighted by atomic mass is 10.0. The highest BCUT2D eigenvalue weighted by Crippen LogP contribution is 2.06. The van der Waals surface area contributed by atoms with Gasteiger partial charge in [0.15, 0.2) is 0 Å². The Labute approximate surface area is 118 Å². The lowest BCUT2D eigenvalue weighted by Crippen LogP contribution is -2.46. The molecule has 6 nitrogen and oxygen atoms in total. The van der Waals surface area contributed by atoms with Crippen molar-refractivity contribution in [3.8, 4) is 0 Å². The summed E-state index contributed by atoms with van der Waals surface area (Å²) >= 11 is 0. The topological polar surface area (TPSA) is 87.7 Å². The normalized spacial score (nSPS) is 11.8. The summed E-state index contributed by atoms with van der Waals surface area (Å²) in [4.78, 5) is 23.1. The molecule has 0 radical (unpaired) electrons. The quantitative estimate of drug-likeness (QED) is 0.548. The highest BCUT2D eigenvalue weighted by molar-refractivity contribution is 5.84. The molecule has 0 aliphatic carbocycles. The molecule has 0 aliphatic heterocycles. The van der Waals surface area contributed by atoms with Gasteiger partial charge >= 0.3 is 6.09 Å². The van der Waals surface area contributed by atoms with Gasteiger partial charge in [0.25, 0.3) is 5.91 Å². The molecule has 0 spiro atoms. The first kappa shape index (κ1) is 16.0. The van der Waals surface area contributed by atoms with Crippen molar-refractivity contribution in [2.75, 3.05) is 0 Å². The Morgan fingerprint density at radius 3 is 2.45 bits per heavy atom. The molecular weight excluding hydrogens is 260 g/mol. The molecule has 0 aliphatic rings. The number of alkyl carbamates (subject to hydrolysis) is 1. The second kappa shape index (κ2) is 8.16. The van der Waals surface area contributed by atoms with Gasteiger partial charge in [0.1, 0.15) is 12.6 Å². The minimum absolute atomic E-state index is 0.127. The van der Waals surface area contributed by atoms with Gasteiger partial charge in [-0.15, -0.1) is 0 Å². The number of ether oxygens (including phenoxy) is 1. The van der Waals surface area contributed by atoms with Crippen LogP contribution in [0.3, 0.4) is 0 Å². The van der Waals surface area contributed by atoms with Crippen molar-refractivity contribution in [2.45, 2.75) is 32.9 Å². The Balaban J connectivity index is 2.47. The first-order chi connectivity index (χ1) is 9.52. The maximum absolute atomic E-state index is 11.6. The third-order valence-corrected chi connectivity index (χ3v) is 2.64. The van der Waals surface area contributed by atoms with Crippen LogP contribution in [0.1, 0.15) is 25.8 Å². The van der Waals surface area contributed by atoms with Crippen molar-refractivity contribution < 1.29 is 19.5 Å². The molecular formula is C14H20N2O4. The van der Waals surface area contributed by atoms with E-state index in [1.807, 2.05) is 44.2 Å². The molecule has 110 valence electrons. The monoisotopic (exact) mass is 280 g/mol. The SMILES string of the molecule is CC(C)C[C@@H](NC(=O)OCc1ccccc1)C(=O)NO. The Bertz CT molecular complexity index is 434. The highest BCUT2D eigenvalue weighted by atomic mass is 16.5. The first-order valence-electron chi connectivity index (χ1n) is 6.44. The van der Waals surface area contributed by atoms with Crippen LogP contribution in [-0.4, -0.2) is 23.2 Å². The molecule has 1 atom stereocenters. The van der Waals surface area contributed by atoms with Gasteiger partial charge < -0.3 is 10.1 Å². The van der Waals surface area contributed by atoms with E-state index in [1.165, 1.54) is 0 Å². The molecule has 2 amide bonds. The molecule has 0 saturated heterocycles. The fourth-order valence-corrected chi connectivity index (χ4v) is 1.69. The molecule has 0 unspecified atom stereocenters. The van der Waals surface area contributed by atoms with Gasteiger partial charge in [0.05, 0.1) is 0 Å². The van der Waals surface area contributed by atoms with Crippen molar-refractivity contribution in [3.63, 3.8) is 0 Å². The van der Waals surface area contributed by atoms with E-state index >= 15 is 0 Å². The second-order valence-electron chi connectivity index (χ2n) is 4.86. The summed E-state index contributed by atoms with van der Waals surface area (Å²) in [6, 6.07) is 8.41. The summed E-state index contributed by atoms with van der Waals surface area (Å²) in [6.07, 6.45) is -0.282. The molecule has 0 saturated carbocycles. The van der Waals surface area contributed by atoms with Crippen LogP contribution < -0.4 is 10.8 Å². The number of rotatable bonds is 6. The van der Waals surface area contributed by atoms with Gasteiger partial charge in [-0.05, 0) is 17.9 Å². The van der Waals surface area contributed by atoms with Gasteiger partial charge in [0.2, 0.25) is 0 Å². The van der Waals surface area contributed by atoms with E-state index in [4.69, 9.17) is 9.94 Å². The zero-order chi connectivity index (χ0) is 15.0. The fraction of sp³-hybridized carbons (Fsp3) is 0.429.